The topological polar surface area (TPSA) is 63.7 Å². The minimum Gasteiger partial charge on any atom is -0.494 e. The standard InChI is InChI=1S/C31H31NO4S/c1-2-36-29-18-20-30(21-19-29)37(34,35)32(23-26-11-7-4-8-12-26)24-27-13-16-28(17-14-27)31(33)22-15-25-9-5-3-6-10-25/h3-14,16-21H,2,15,22-24H2,1H3. The zero-order chi connectivity index (χ0) is 26.1. The first-order valence-electron chi connectivity index (χ1n) is 12.4. The number of nitrogens with zero attached hydrogens (tertiary/aromatic N) is 1. The summed E-state index contributed by atoms with van der Waals surface area (Å²) in [5.74, 6) is 0.696. The van der Waals surface area contributed by atoms with Gasteiger partial charge in [0.2, 0.25) is 10.0 Å². The Morgan fingerprint density at radius 2 is 1.24 bits per heavy atom. The van der Waals surface area contributed by atoms with Crippen LogP contribution in [0.25, 0.3) is 0 Å². The second-order valence-electron chi connectivity index (χ2n) is 8.77. The molecule has 0 aromatic heterocycles. The van der Waals surface area contributed by atoms with E-state index < -0.39 is 10.0 Å². The molecule has 5 nitrogen and oxygen atoms in total. The first kappa shape index (κ1) is 26.3. The van der Waals surface area contributed by atoms with E-state index in [-0.39, 0.29) is 23.8 Å². The van der Waals surface area contributed by atoms with Gasteiger partial charge < -0.3 is 4.74 Å². The van der Waals surface area contributed by atoms with Crippen LogP contribution in [0.15, 0.2) is 114 Å². The number of benzene rings is 4. The van der Waals surface area contributed by atoms with Crippen LogP contribution in [0.4, 0.5) is 0 Å². The highest BCUT2D eigenvalue weighted by Gasteiger charge is 2.25. The van der Waals surface area contributed by atoms with Crippen molar-refractivity contribution in [2.24, 2.45) is 0 Å². The zero-order valence-corrected chi connectivity index (χ0v) is 21.7. The highest BCUT2D eigenvalue weighted by molar-refractivity contribution is 7.89. The molecule has 4 aromatic carbocycles. The van der Waals surface area contributed by atoms with Gasteiger partial charge in [0, 0.05) is 25.1 Å². The number of aryl methyl sites for hydroxylation is 1. The van der Waals surface area contributed by atoms with Gasteiger partial charge in [0.15, 0.2) is 5.78 Å². The van der Waals surface area contributed by atoms with Gasteiger partial charge in [-0.15, -0.1) is 0 Å². The van der Waals surface area contributed by atoms with E-state index in [2.05, 4.69) is 0 Å². The van der Waals surface area contributed by atoms with E-state index in [1.165, 1.54) is 4.31 Å². The molecule has 37 heavy (non-hydrogen) atoms. The molecule has 0 aliphatic carbocycles. The van der Waals surface area contributed by atoms with Crippen LogP contribution >= 0.6 is 0 Å². The lowest BCUT2D eigenvalue weighted by atomic mass is 10.0. The van der Waals surface area contributed by atoms with Crippen molar-refractivity contribution in [3.63, 3.8) is 0 Å². The molecule has 0 aliphatic rings. The van der Waals surface area contributed by atoms with Crippen LogP contribution in [0.1, 0.15) is 40.4 Å². The van der Waals surface area contributed by atoms with Crippen molar-refractivity contribution in [2.75, 3.05) is 6.61 Å². The maximum absolute atomic E-state index is 13.6. The lowest BCUT2D eigenvalue weighted by Gasteiger charge is -2.23. The molecule has 0 atom stereocenters. The number of ether oxygens (including phenoxy) is 1. The molecule has 0 radical (unpaired) electrons. The summed E-state index contributed by atoms with van der Waals surface area (Å²) >= 11 is 0. The Kier molecular flexibility index (Phi) is 8.88. The fourth-order valence-corrected chi connectivity index (χ4v) is 5.50. The van der Waals surface area contributed by atoms with Crippen molar-refractivity contribution < 1.29 is 17.9 Å². The Labute approximate surface area is 219 Å². The maximum atomic E-state index is 13.6. The fourth-order valence-electron chi connectivity index (χ4n) is 4.08. The molecule has 6 heteroatoms. The van der Waals surface area contributed by atoms with E-state index in [9.17, 15) is 13.2 Å². The predicted molar refractivity (Wildman–Crippen MR) is 146 cm³/mol. The highest BCUT2D eigenvalue weighted by Crippen LogP contribution is 2.24. The average Bonchev–Trinajstić information content (AvgIpc) is 2.93. The molecule has 0 bridgehead atoms. The van der Waals surface area contributed by atoms with E-state index in [0.29, 0.717) is 30.8 Å². The summed E-state index contributed by atoms with van der Waals surface area (Å²) in [4.78, 5) is 12.9. The number of carbonyl (C=O) groups excluding carboxylic acids is 1. The van der Waals surface area contributed by atoms with Gasteiger partial charge in [-0.3, -0.25) is 4.79 Å². The summed E-state index contributed by atoms with van der Waals surface area (Å²) in [5.41, 5.74) is 3.46. The molecule has 190 valence electrons. The summed E-state index contributed by atoms with van der Waals surface area (Å²) in [7, 11) is -3.78. The third-order valence-corrected chi connectivity index (χ3v) is 7.90. The van der Waals surface area contributed by atoms with Crippen LogP contribution < -0.4 is 4.74 Å². The molecule has 0 N–H and O–H groups in total. The Bertz CT molecular complexity index is 1390. The van der Waals surface area contributed by atoms with E-state index in [1.54, 1.807) is 36.4 Å². The largest absolute Gasteiger partial charge is 0.494 e. The Morgan fingerprint density at radius 1 is 0.703 bits per heavy atom. The van der Waals surface area contributed by atoms with Gasteiger partial charge in [0.25, 0.3) is 0 Å². The molecule has 0 unspecified atom stereocenters. The summed E-state index contributed by atoms with van der Waals surface area (Å²) in [6.07, 6.45) is 1.11. The van der Waals surface area contributed by atoms with Crippen molar-refractivity contribution in [3.05, 3.63) is 131 Å². The fraction of sp³-hybridized carbons (Fsp3) is 0.194. The number of hydrogen-bond donors (Lipinski definition) is 0. The van der Waals surface area contributed by atoms with E-state index in [0.717, 1.165) is 16.7 Å². The average molecular weight is 514 g/mol. The first-order chi connectivity index (χ1) is 18.0. The molecule has 0 saturated heterocycles. The third-order valence-electron chi connectivity index (χ3n) is 6.09. The quantitative estimate of drug-likeness (QED) is 0.209. The SMILES string of the molecule is CCOc1ccc(S(=O)(=O)N(Cc2ccccc2)Cc2ccc(C(=O)CCc3ccccc3)cc2)cc1. The summed E-state index contributed by atoms with van der Waals surface area (Å²) < 4.78 is 34.2. The second-order valence-corrected chi connectivity index (χ2v) is 10.7. The molecule has 0 fully saturated rings. The summed E-state index contributed by atoms with van der Waals surface area (Å²) in [6, 6.07) is 33.2. The Hall–Kier alpha value is -3.74. The van der Waals surface area contributed by atoms with Crippen LogP contribution in [0.5, 0.6) is 5.75 Å². The van der Waals surface area contributed by atoms with Gasteiger partial charge in [-0.1, -0.05) is 84.9 Å². The maximum Gasteiger partial charge on any atom is 0.243 e. The first-order valence-corrected chi connectivity index (χ1v) is 13.8. The molecule has 0 aliphatic heterocycles. The molecule has 0 saturated carbocycles. The number of hydrogen-bond acceptors (Lipinski definition) is 4. The summed E-state index contributed by atoms with van der Waals surface area (Å²) in [5, 5.41) is 0. The number of ketones is 1. The van der Waals surface area contributed by atoms with Crippen molar-refractivity contribution >= 4 is 15.8 Å². The predicted octanol–water partition coefficient (Wildman–Crippen LogP) is 6.29. The van der Waals surface area contributed by atoms with E-state index >= 15 is 0 Å². The lowest BCUT2D eigenvalue weighted by Crippen LogP contribution is -2.30. The number of sulfonamides is 1. The number of carbonyl (C=O) groups is 1. The minimum atomic E-state index is -3.78. The van der Waals surface area contributed by atoms with E-state index in [1.807, 2.05) is 79.7 Å². The van der Waals surface area contributed by atoms with Crippen molar-refractivity contribution in [3.8, 4) is 5.75 Å². The molecule has 0 amide bonds. The Morgan fingerprint density at radius 3 is 1.81 bits per heavy atom. The lowest BCUT2D eigenvalue weighted by molar-refractivity contribution is 0.0983. The van der Waals surface area contributed by atoms with Crippen LogP contribution in [0, 0.1) is 0 Å². The number of Topliss-reactive ketones (excluding diaryl/α,β-unsaturated/α-hetero) is 1. The Balaban J connectivity index is 1.51. The molecule has 0 spiro atoms. The third kappa shape index (κ3) is 7.15. The normalized spacial score (nSPS) is 11.4. The molecule has 4 rings (SSSR count). The molecule has 0 heterocycles. The van der Waals surface area contributed by atoms with Crippen molar-refractivity contribution in [1.82, 2.24) is 4.31 Å². The number of rotatable bonds is 12. The van der Waals surface area contributed by atoms with Gasteiger partial charge in [-0.2, -0.15) is 4.31 Å². The minimum absolute atomic E-state index is 0.0681. The highest BCUT2D eigenvalue weighted by atomic mass is 32.2. The smallest absolute Gasteiger partial charge is 0.243 e. The van der Waals surface area contributed by atoms with Gasteiger partial charge in [0.1, 0.15) is 5.75 Å². The monoisotopic (exact) mass is 513 g/mol. The van der Waals surface area contributed by atoms with Gasteiger partial charge in [-0.25, -0.2) is 8.42 Å². The van der Waals surface area contributed by atoms with Crippen LogP contribution in [-0.4, -0.2) is 25.1 Å². The molecular formula is C31H31NO4S. The van der Waals surface area contributed by atoms with Crippen molar-refractivity contribution in [1.29, 1.82) is 0 Å². The van der Waals surface area contributed by atoms with Gasteiger partial charge in [-0.05, 0) is 54.3 Å². The molecular weight excluding hydrogens is 482 g/mol. The van der Waals surface area contributed by atoms with Crippen LogP contribution in [0.2, 0.25) is 0 Å². The van der Waals surface area contributed by atoms with E-state index in [4.69, 9.17) is 4.74 Å². The zero-order valence-electron chi connectivity index (χ0n) is 20.9. The second kappa shape index (κ2) is 12.5. The van der Waals surface area contributed by atoms with Gasteiger partial charge in [0.05, 0.1) is 11.5 Å². The van der Waals surface area contributed by atoms with Crippen LogP contribution in [-0.2, 0) is 29.5 Å². The van der Waals surface area contributed by atoms with Gasteiger partial charge >= 0.3 is 0 Å². The van der Waals surface area contributed by atoms with Crippen molar-refractivity contribution in [2.45, 2.75) is 37.8 Å². The van der Waals surface area contributed by atoms with Crippen LogP contribution in [0.3, 0.4) is 0 Å². The molecule has 4 aromatic rings. The summed E-state index contributed by atoms with van der Waals surface area (Å²) in [6.45, 7) is 2.81.